The maximum Gasteiger partial charge on any atom is 0.330 e. The van der Waals surface area contributed by atoms with Crippen molar-refractivity contribution in [3.63, 3.8) is 0 Å². The fourth-order valence-electron chi connectivity index (χ4n) is 3.36. The summed E-state index contributed by atoms with van der Waals surface area (Å²) in [6, 6.07) is 16.6. The van der Waals surface area contributed by atoms with Gasteiger partial charge in [-0.2, -0.15) is 0 Å². The van der Waals surface area contributed by atoms with Gasteiger partial charge in [-0.05, 0) is 30.2 Å². The summed E-state index contributed by atoms with van der Waals surface area (Å²) in [6.07, 6.45) is 0.482. The highest BCUT2D eigenvalue weighted by atomic mass is 79.9. The number of nitrogens with zero attached hydrogens (tertiary/aromatic N) is 2. The van der Waals surface area contributed by atoms with Crippen LogP contribution in [0.4, 0.5) is 17.2 Å². The van der Waals surface area contributed by atoms with Crippen molar-refractivity contribution in [3.8, 4) is 0 Å². The second-order valence-electron chi connectivity index (χ2n) is 7.32. The standard InChI is InChI=1S/C23H26BrN5O4/c1-33-12-6-11-28(19(30)14-26-18-10-5-9-17(24)13-18)20-21(25)29(23(32)27-22(20)31)15-16-7-3-2-4-8-16/h2-5,7-10,13,26H,6,11-12,14-15,25H2,1H3,(H,27,31,32). The van der Waals surface area contributed by atoms with Crippen molar-refractivity contribution in [1.29, 1.82) is 0 Å². The molecule has 1 amide bonds. The zero-order valence-corrected chi connectivity index (χ0v) is 19.8. The summed E-state index contributed by atoms with van der Waals surface area (Å²) in [5, 5.41) is 3.06. The Morgan fingerprint density at radius 3 is 2.64 bits per heavy atom. The van der Waals surface area contributed by atoms with Crippen LogP contribution in [0.2, 0.25) is 0 Å². The Morgan fingerprint density at radius 2 is 1.94 bits per heavy atom. The summed E-state index contributed by atoms with van der Waals surface area (Å²) >= 11 is 3.39. The van der Waals surface area contributed by atoms with Crippen molar-refractivity contribution in [1.82, 2.24) is 9.55 Å². The monoisotopic (exact) mass is 515 g/mol. The normalized spacial score (nSPS) is 10.7. The number of nitrogens with one attached hydrogen (secondary N) is 2. The van der Waals surface area contributed by atoms with Gasteiger partial charge >= 0.3 is 5.69 Å². The first-order chi connectivity index (χ1) is 15.9. The molecule has 0 radical (unpaired) electrons. The van der Waals surface area contributed by atoms with Crippen LogP contribution in [0.1, 0.15) is 12.0 Å². The Kier molecular flexibility index (Phi) is 8.45. The first-order valence-corrected chi connectivity index (χ1v) is 11.1. The Hall–Kier alpha value is -3.37. The minimum atomic E-state index is -0.713. The summed E-state index contributed by atoms with van der Waals surface area (Å²) in [6.45, 7) is 0.680. The van der Waals surface area contributed by atoms with Crippen molar-refractivity contribution in [2.75, 3.05) is 42.8 Å². The lowest BCUT2D eigenvalue weighted by atomic mass is 10.2. The first kappa shape index (κ1) is 24.3. The van der Waals surface area contributed by atoms with Crippen LogP contribution in [-0.2, 0) is 16.1 Å². The highest BCUT2D eigenvalue weighted by Crippen LogP contribution is 2.20. The molecule has 0 aliphatic rings. The van der Waals surface area contributed by atoms with Gasteiger partial charge in [-0.15, -0.1) is 0 Å². The minimum Gasteiger partial charge on any atom is -0.385 e. The molecule has 1 aromatic heterocycles. The second kappa shape index (κ2) is 11.5. The molecule has 0 saturated heterocycles. The number of nitrogens with two attached hydrogens (primary N) is 1. The predicted molar refractivity (Wildman–Crippen MR) is 133 cm³/mol. The number of anilines is 3. The van der Waals surface area contributed by atoms with Crippen molar-refractivity contribution >= 4 is 39.0 Å². The number of aromatic nitrogens is 2. The average molecular weight is 516 g/mol. The molecule has 0 atom stereocenters. The summed E-state index contributed by atoms with van der Waals surface area (Å²) in [4.78, 5) is 42.0. The Morgan fingerprint density at radius 1 is 1.18 bits per heavy atom. The molecule has 0 fully saturated rings. The van der Waals surface area contributed by atoms with E-state index in [9.17, 15) is 14.4 Å². The van der Waals surface area contributed by atoms with Gasteiger partial charge in [0.15, 0.2) is 5.69 Å². The van der Waals surface area contributed by atoms with Crippen LogP contribution in [0.5, 0.6) is 0 Å². The molecule has 3 rings (SSSR count). The van der Waals surface area contributed by atoms with Crippen LogP contribution < -0.4 is 27.2 Å². The number of hydrogen-bond donors (Lipinski definition) is 3. The highest BCUT2D eigenvalue weighted by molar-refractivity contribution is 9.10. The third-order valence-corrected chi connectivity index (χ3v) is 5.46. The van der Waals surface area contributed by atoms with Crippen molar-refractivity contribution in [2.45, 2.75) is 13.0 Å². The van der Waals surface area contributed by atoms with Crippen molar-refractivity contribution < 1.29 is 9.53 Å². The van der Waals surface area contributed by atoms with E-state index in [0.717, 1.165) is 15.7 Å². The molecule has 9 nitrogen and oxygen atoms in total. The number of H-pyrrole nitrogens is 1. The van der Waals surface area contributed by atoms with Gasteiger partial charge in [0.2, 0.25) is 5.91 Å². The fourth-order valence-corrected chi connectivity index (χ4v) is 3.76. The zero-order chi connectivity index (χ0) is 23.8. The summed E-state index contributed by atoms with van der Waals surface area (Å²) < 4.78 is 7.22. The number of methoxy groups -OCH3 is 1. The maximum atomic E-state index is 13.2. The van der Waals surface area contributed by atoms with Crippen LogP contribution in [0.25, 0.3) is 0 Å². The van der Waals surface area contributed by atoms with E-state index in [4.69, 9.17) is 10.5 Å². The molecule has 2 aromatic carbocycles. The highest BCUT2D eigenvalue weighted by Gasteiger charge is 2.24. The number of hydrogen-bond acceptors (Lipinski definition) is 6. The second-order valence-corrected chi connectivity index (χ2v) is 8.24. The van der Waals surface area contributed by atoms with Gasteiger partial charge in [-0.3, -0.25) is 19.1 Å². The lowest BCUT2D eigenvalue weighted by molar-refractivity contribution is -0.117. The molecule has 4 N–H and O–H groups in total. The van der Waals surface area contributed by atoms with Gasteiger partial charge in [0.05, 0.1) is 13.1 Å². The van der Waals surface area contributed by atoms with Gasteiger partial charge in [0, 0.05) is 30.4 Å². The first-order valence-electron chi connectivity index (χ1n) is 10.4. The maximum absolute atomic E-state index is 13.2. The zero-order valence-electron chi connectivity index (χ0n) is 18.2. The minimum absolute atomic E-state index is 0.0531. The Balaban J connectivity index is 1.93. The number of carbonyl (C=O) groups is 1. The van der Waals surface area contributed by atoms with E-state index < -0.39 is 11.2 Å². The predicted octanol–water partition coefficient (Wildman–Crippen LogP) is 2.41. The van der Waals surface area contributed by atoms with Crippen LogP contribution >= 0.6 is 15.9 Å². The molecular formula is C23H26BrN5O4. The number of rotatable bonds is 10. The van der Waals surface area contributed by atoms with E-state index in [-0.39, 0.29) is 37.0 Å². The van der Waals surface area contributed by atoms with Gasteiger partial charge in [0.1, 0.15) is 5.82 Å². The Labute approximate surface area is 199 Å². The van der Waals surface area contributed by atoms with Crippen LogP contribution in [0, 0.1) is 0 Å². The number of amides is 1. The van der Waals surface area contributed by atoms with Crippen LogP contribution in [0.3, 0.4) is 0 Å². The molecule has 0 bridgehead atoms. The number of nitrogen functional groups attached to an aromatic ring is 1. The fraction of sp³-hybridized carbons (Fsp3) is 0.261. The van der Waals surface area contributed by atoms with E-state index in [1.54, 1.807) is 7.11 Å². The van der Waals surface area contributed by atoms with Crippen LogP contribution in [-0.4, -0.2) is 42.3 Å². The topological polar surface area (TPSA) is 122 Å². The third-order valence-electron chi connectivity index (χ3n) is 4.97. The average Bonchev–Trinajstić information content (AvgIpc) is 2.80. The van der Waals surface area contributed by atoms with E-state index >= 15 is 0 Å². The lowest BCUT2D eigenvalue weighted by Crippen LogP contribution is -2.44. The van der Waals surface area contributed by atoms with Gasteiger partial charge < -0.3 is 20.7 Å². The molecule has 174 valence electrons. The van der Waals surface area contributed by atoms with Gasteiger partial charge in [0.25, 0.3) is 5.56 Å². The molecule has 0 spiro atoms. The quantitative estimate of drug-likeness (QED) is 0.356. The molecule has 1 heterocycles. The molecule has 0 aliphatic carbocycles. The Bertz CT molecular complexity index is 1210. The van der Waals surface area contributed by atoms with E-state index in [0.29, 0.717) is 13.0 Å². The summed E-state index contributed by atoms with van der Waals surface area (Å²) in [5.41, 5.74) is 6.46. The number of halogens is 1. The van der Waals surface area contributed by atoms with E-state index in [2.05, 4.69) is 26.2 Å². The lowest BCUT2D eigenvalue weighted by Gasteiger charge is -2.25. The molecule has 0 unspecified atom stereocenters. The molecule has 33 heavy (non-hydrogen) atoms. The summed E-state index contributed by atoms with van der Waals surface area (Å²) in [5.74, 6) is -0.436. The SMILES string of the molecule is COCCCN(C(=O)CNc1cccc(Br)c1)c1c(N)n(Cc2ccccc2)c(=O)[nH]c1=O. The smallest absolute Gasteiger partial charge is 0.330 e. The molecule has 0 aliphatic heterocycles. The molecular weight excluding hydrogens is 490 g/mol. The summed E-state index contributed by atoms with van der Waals surface area (Å²) in [7, 11) is 1.56. The van der Waals surface area contributed by atoms with E-state index in [1.807, 2.05) is 54.6 Å². The van der Waals surface area contributed by atoms with Crippen LogP contribution in [0.15, 0.2) is 68.7 Å². The van der Waals surface area contributed by atoms with Gasteiger partial charge in [-0.25, -0.2) is 4.79 Å². The molecule has 0 saturated carbocycles. The largest absolute Gasteiger partial charge is 0.385 e. The van der Waals surface area contributed by atoms with E-state index in [1.165, 1.54) is 9.47 Å². The van der Waals surface area contributed by atoms with Crippen molar-refractivity contribution in [3.05, 3.63) is 85.5 Å². The van der Waals surface area contributed by atoms with Crippen molar-refractivity contribution in [2.24, 2.45) is 0 Å². The third kappa shape index (κ3) is 6.33. The number of benzene rings is 2. The molecule has 10 heteroatoms. The number of carbonyl (C=O) groups excluding carboxylic acids is 1. The molecule has 3 aromatic rings. The number of ether oxygens (including phenoxy) is 1. The number of aromatic amines is 1. The van der Waals surface area contributed by atoms with Gasteiger partial charge in [-0.1, -0.05) is 52.3 Å².